The number of hydrogen-bond acceptors (Lipinski definition) is 4. The summed E-state index contributed by atoms with van der Waals surface area (Å²) in [6.07, 6.45) is 0. The Bertz CT molecular complexity index is 1070. The molecule has 0 aliphatic carbocycles. The Kier molecular flexibility index (Phi) is 5.05. The van der Waals surface area contributed by atoms with E-state index < -0.39 is 0 Å². The second-order valence-electron chi connectivity index (χ2n) is 6.77. The summed E-state index contributed by atoms with van der Waals surface area (Å²) >= 11 is 6.07. The number of rotatable bonds is 3. The molecule has 3 aromatic rings. The third-order valence-corrected chi connectivity index (χ3v) is 5.34. The zero-order chi connectivity index (χ0) is 19.7. The molecule has 0 saturated carbocycles. The minimum absolute atomic E-state index is 0.0372. The van der Waals surface area contributed by atoms with E-state index in [0.29, 0.717) is 35.6 Å². The van der Waals surface area contributed by atoms with Gasteiger partial charge in [-0.3, -0.25) is 14.3 Å². The van der Waals surface area contributed by atoms with Crippen LogP contribution in [0.5, 0.6) is 0 Å². The second-order valence-corrected chi connectivity index (χ2v) is 7.21. The van der Waals surface area contributed by atoms with Gasteiger partial charge >= 0.3 is 0 Å². The largest absolute Gasteiger partial charge is 0.368 e. The van der Waals surface area contributed by atoms with Gasteiger partial charge in [-0.25, -0.2) is 0 Å². The number of fused-ring (bicyclic) bond motifs is 1. The average Bonchev–Trinajstić information content (AvgIpc) is 2.74. The molecule has 1 fully saturated rings. The fraction of sp³-hybridized carbons (Fsp3) is 0.286. The summed E-state index contributed by atoms with van der Waals surface area (Å²) in [5.41, 5.74) is 1.42. The molecule has 0 bridgehead atoms. The molecule has 0 N–H and O–H groups in total. The molecule has 1 aromatic heterocycles. The Hall–Kier alpha value is -2.86. The number of halogens is 1. The Morgan fingerprint density at radius 3 is 2.46 bits per heavy atom. The molecule has 1 amide bonds. The Morgan fingerprint density at radius 2 is 1.79 bits per heavy atom. The molecule has 0 atom stereocenters. The third kappa shape index (κ3) is 3.36. The van der Waals surface area contributed by atoms with Gasteiger partial charge in [0.25, 0.3) is 5.91 Å². The predicted octanol–water partition coefficient (Wildman–Crippen LogP) is 3.03. The number of benzene rings is 2. The van der Waals surface area contributed by atoms with Crippen LogP contribution in [-0.2, 0) is 6.54 Å². The number of para-hydroxylation sites is 1. The van der Waals surface area contributed by atoms with E-state index in [2.05, 4.69) is 22.1 Å². The van der Waals surface area contributed by atoms with E-state index in [4.69, 9.17) is 11.6 Å². The molecule has 6 nitrogen and oxygen atoms in total. The second kappa shape index (κ2) is 7.64. The van der Waals surface area contributed by atoms with Crippen molar-refractivity contribution in [2.45, 2.75) is 13.5 Å². The van der Waals surface area contributed by atoms with Gasteiger partial charge in [-0.1, -0.05) is 29.8 Å². The molecule has 1 aliphatic rings. The first kappa shape index (κ1) is 18.5. The van der Waals surface area contributed by atoms with Crippen LogP contribution in [0.25, 0.3) is 10.9 Å². The Labute approximate surface area is 167 Å². The van der Waals surface area contributed by atoms with Gasteiger partial charge in [-0.15, -0.1) is 0 Å². The number of carbonyl (C=O) groups is 1. The number of aromatic nitrogens is 2. The summed E-state index contributed by atoms with van der Waals surface area (Å²) in [5.74, 6) is -0.318. The van der Waals surface area contributed by atoms with Crippen molar-refractivity contribution >= 4 is 34.1 Å². The summed E-state index contributed by atoms with van der Waals surface area (Å²) in [7, 11) is 0. The lowest BCUT2D eigenvalue weighted by Crippen LogP contribution is -2.50. The van der Waals surface area contributed by atoms with Crippen LogP contribution in [0.2, 0.25) is 5.02 Å². The molecule has 2 heterocycles. The number of nitrogens with zero attached hydrogens (tertiary/aromatic N) is 4. The molecular formula is C21H21ClN4O2. The average molecular weight is 397 g/mol. The first-order valence-electron chi connectivity index (χ1n) is 9.38. The van der Waals surface area contributed by atoms with Gasteiger partial charge in [0.15, 0.2) is 5.69 Å². The van der Waals surface area contributed by atoms with Crippen molar-refractivity contribution in [1.82, 2.24) is 14.7 Å². The zero-order valence-electron chi connectivity index (χ0n) is 15.6. The van der Waals surface area contributed by atoms with E-state index in [1.165, 1.54) is 0 Å². The first-order chi connectivity index (χ1) is 13.6. The predicted molar refractivity (Wildman–Crippen MR) is 111 cm³/mol. The van der Waals surface area contributed by atoms with Crippen LogP contribution in [0.4, 0.5) is 5.69 Å². The maximum Gasteiger partial charge on any atom is 0.278 e. The van der Waals surface area contributed by atoms with Gasteiger partial charge in [0.1, 0.15) is 0 Å². The highest BCUT2D eigenvalue weighted by atomic mass is 35.5. The monoisotopic (exact) mass is 396 g/mol. The van der Waals surface area contributed by atoms with E-state index in [9.17, 15) is 9.59 Å². The number of aryl methyl sites for hydroxylation is 1. The summed E-state index contributed by atoms with van der Waals surface area (Å²) < 4.78 is 1.68. The molecule has 1 saturated heterocycles. The smallest absolute Gasteiger partial charge is 0.278 e. The molecule has 7 heteroatoms. The normalized spacial score (nSPS) is 14.5. The van der Waals surface area contributed by atoms with Crippen molar-refractivity contribution in [2.24, 2.45) is 0 Å². The lowest BCUT2D eigenvalue weighted by molar-refractivity contribution is 0.0737. The van der Waals surface area contributed by atoms with Crippen molar-refractivity contribution in [3.63, 3.8) is 0 Å². The topological polar surface area (TPSA) is 58.4 Å². The number of carbonyl (C=O) groups excluding carboxylic acids is 1. The van der Waals surface area contributed by atoms with Crippen LogP contribution in [0, 0.1) is 0 Å². The lowest BCUT2D eigenvalue weighted by Gasteiger charge is -2.35. The van der Waals surface area contributed by atoms with Crippen LogP contribution in [0.3, 0.4) is 0 Å². The van der Waals surface area contributed by atoms with Crippen LogP contribution in [0.1, 0.15) is 17.4 Å². The highest BCUT2D eigenvalue weighted by Crippen LogP contribution is 2.18. The molecule has 28 heavy (non-hydrogen) atoms. The van der Waals surface area contributed by atoms with Crippen LogP contribution >= 0.6 is 11.6 Å². The first-order valence-corrected chi connectivity index (χ1v) is 9.76. The minimum Gasteiger partial charge on any atom is -0.368 e. The molecule has 0 unspecified atom stereocenters. The van der Waals surface area contributed by atoms with Crippen molar-refractivity contribution in [3.8, 4) is 0 Å². The van der Waals surface area contributed by atoms with Gasteiger partial charge in [0.05, 0.1) is 10.9 Å². The number of piperazine rings is 1. The van der Waals surface area contributed by atoms with Crippen molar-refractivity contribution in [1.29, 1.82) is 0 Å². The maximum absolute atomic E-state index is 13.1. The zero-order valence-corrected chi connectivity index (χ0v) is 16.4. The number of amides is 1. The fourth-order valence-corrected chi connectivity index (χ4v) is 3.77. The van der Waals surface area contributed by atoms with Gasteiger partial charge in [-0.05, 0) is 37.3 Å². The fourth-order valence-electron chi connectivity index (χ4n) is 3.60. The Morgan fingerprint density at radius 1 is 1.07 bits per heavy atom. The summed E-state index contributed by atoms with van der Waals surface area (Å²) in [5, 5.41) is 5.25. The molecular weight excluding hydrogens is 376 g/mol. The number of anilines is 1. The van der Waals surface area contributed by atoms with E-state index in [0.717, 1.165) is 18.8 Å². The van der Waals surface area contributed by atoms with E-state index in [1.54, 1.807) is 27.8 Å². The van der Waals surface area contributed by atoms with E-state index in [-0.39, 0.29) is 17.0 Å². The standard InChI is InChI=1S/C21H21ClN4O2/c1-2-26-18-9-8-15(22)14-17(18)20(27)19(23-26)21(28)25-12-10-24(11-13-25)16-6-4-3-5-7-16/h3-9,14H,2,10-13H2,1H3. The summed E-state index contributed by atoms with van der Waals surface area (Å²) in [6.45, 7) is 5.02. The number of hydrogen-bond donors (Lipinski definition) is 0. The van der Waals surface area contributed by atoms with Crippen molar-refractivity contribution < 1.29 is 4.79 Å². The highest BCUT2D eigenvalue weighted by Gasteiger charge is 2.26. The van der Waals surface area contributed by atoms with Crippen LogP contribution in [0.15, 0.2) is 53.3 Å². The third-order valence-electron chi connectivity index (χ3n) is 5.11. The summed E-state index contributed by atoms with van der Waals surface area (Å²) in [6, 6.07) is 15.2. The van der Waals surface area contributed by atoms with E-state index in [1.807, 2.05) is 25.1 Å². The quantitative estimate of drug-likeness (QED) is 0.682. The Balaban J connectivity index is 1.61. The van der Waals surface area contributed by atoms with Gasteiger partial charge in [0.2, 0.25) is 5.43 Å². The van der Waals surface area contributed by atoms with Crippen LogP contribution in [-0.4, -0.2) is 46.8 Å². The van der Waals surface area contributed by atoms with Crippen molar-refractivity contribution in [2.75, 3.05) is 31.1 Å². The SMILES string of the molecule is CCn1nc(C(=O)N2CCN(c3ccccc3)CC2)c(=O)c2cc(Cl)ccc21. The van der Waals surface area contributed by atoms with Gasteiger partial charge in [-0.2, -0.15) is 5.10 Å². The van der Waals surface area contributed by atoms with Crippen molar-refractivity contribution in [3.05, 3.63) is 69.5 Å². The minimum atomic E-state index is -0.363. The van der Waals surface area contributed by atoms with E-state index >= 15 is 0 Å². The highest BCUT2D eigenvalue weighted by molar-refractivity contribution is 6.31. The maximum atomic E-state index is 13.1. The van der Waals surface area contributed by atoms with Crippen LogP contribution < -0.4 is 10.3 Å². The molecule has 1 aliphatic heterocycles. The van der Waals surface area contributed by atoms with Gasteiger partial charge < -0.3 is 9.80 Å². The molecule has 0 spiro atoms. The molecule has 0 radical (unpaired) electrons. The summed E-state index contributed by atoms with van der Waals surface area (Å²) in [4.78, 5) is 29.9. The molecule has 2 aromatic carbocycles. The molecule has 144 valence electrons. The molecule has 4 rings (SSSR count). The van der Waals surface area contributed by atoms with Gasteiger partial charge in [0, 0.05) is 43.4 Å². The lowest BCUT2D eigenvalue weighted by atomic mass is 10.1.